The summed E-state index contributed by atoms with van der Waals surface area (Å²) in [6.45, 7) is 2.50. The van der Waals surface area contributed by atoms with Gasteiger partial charge in [0.1, 0.15) is 10.6 Å². The number of sulfone groups is 1. The molecule has 0 amide bonds. The number of aromatic nitrogens is 1. The molecule has 0 spiro atoms. The van der Waals surface area contributed by atoms with Crippen LogP contribution in [0.4, 0.5) is 0 Å². The Kier molecular flexibility index (Phi) is 4.96. The number of pyridine rings is 1. The van der Waals surface area contributed by atoms with E-state index in [4.69, 9.17) is 4.74 Å². The van der Waals surface area contributed by atoms with Crippen molar-refractivity contribution in [3.8, 4) is 5.75 Å². The molecule has 2 aromatic heterocycles. The first kappa shape index (κ1) is 17.0. The molecule has 0 bridgehead atoms. The minimum absolute atomic E-state index is 0.278. The average Bonchev–Trinajstić information content (AvgIpc) is 2.99. The van der Waals surface area contributed by atoms with Crippen LogP contribution in [-0.4, -0.2) is 24.8 Å². The molecule has 3 aromatic rings. The van der Waals surface area contributed by atoms with Crippen LogP contribution in [0.2, 0.25) is 0 Å². The molecule has 0 N–H and O–H groups in total. The number of alkyl halides is 1. The Morgan fingerprint density at radius 2 is 1.88 bits per heavy atom. The Bertz CT molecular complexity index is 946. The predicted octanol–water partition coefficient (Wildman–Crippen LogP) is 4.11. The summed E-state index contributed by atoms with van der Waals surface area (Å²) < 4.78 is 33.6. The van der Waals surface area contributed by atoms with Crippen molar-refractivity contribution in [1.82, 2.24) is 4.40 Å². The van der Waals surface area contributed by atoms with Gasteiger partial charge in [0.05, 0.1) is 17.0 Å². The van der Waals surface area contributed by atoms with Gasteiger partial charge in [0.25, 0.3) is 0 Å². The fourth-order valence-corrected chi connectivity index (χ4v) is 4.59. The fourth-order valence-electron chi connectivity index (χ4n) is 2.70. The molecule has 2 heterocycles. The van der Waals surface area contributed by atoms with E-state index in [1.807, 2.05) is 41.9 Å². The lowest BCUT2D eigenvalue weighted by atomic mass is 10.2. The van der Waals surface area contributed by atoms with Gasteiger partial charge in [-0.15, -0.1) is 0 Å². The SMILES string of the molecule is CCc1cn2ccccc2c1S(=O)(=O)c1ccc(OCCBr)cc1. The largest absolute Gasteiger partial charge is 0.493 e. The monoisotopic (exact) mass is 407 g/mol. The Hall–Kier alpha value is -1.79. The molecule has 0 radical (unpaired) electrons. The number of hydrogen-bond acceptors (Lipinski definition) is 3. The van der Waals surface area contributed by atoms with Crippen LogP contribution < -0.4 is 4.74 Å². The van der Waals surface area contributed by atoms with Crippen molar-refractivity contribution < 1.29 is 13.2 Å². The van der Waals surface area contributed by atoms with Gasteiger partial charge in [-0.05, 0) is 48.4 Å². The maximum atomic E-state index is 13.2. The number of halogens is 1. The molecule has 126 valence electrons. The molecule has 24 heavy (non-hydrogen) atoms. The summed E-state index contributed by atoms with van der Waals surface area (Å²) in [5.41, 5.74) is 1.52. The molecule has 0 aliphatic rings. The molecule has 6 heteroatoms. The molecule has 0 atom stereocenters. The Morgan fingerprint density at radius 1 is 1.12 bits per heavy atom. The first-order valence-electron chi connectivity index (χ1n) is 7.70. The highest BCUT2D eigenvalue weighted by Gasteiger charge is 2.25. The first-order chi connectivity index (χ1) is 11.6. The summed E-state index contributed by atoms with van der Waals surface area (Å²) in [6, 6.07) is 12.2. The molecule has 4 nitrogen and oxygen atoms in total. The standard InChI is InChI=1S/C18H18BrNO3S/c1-2-14-13-20-11-4-3-5-17(20)18(14)24(21,22)16-8-6-15(7-9-16)23-12-10-19/h3-9,11,13H,2,10,12H2,1H3. The van der Waals surface area contributed by atoms with Crippen LogP contribution in [0.25, 0.3) is 5.52 Å². The third-order valence-electron chi connectivity index (χ3n) is 3.84. The molecule has 0 aliphatic heterocycles. The summed E-state index contributed by atoms with van der Waals surface area (Å²) in [6.07, 6.45) is 4.41. The van der Waals surface area contributed by atoms with E-state index < -0.39 is 9.84 Å². The molecule has 0 aliphatic carbocycles. The maximum Gasteiger partial charge on any atom is 0.208 e. The first-order valence-corrected chi connectivity index (χ1v) is 10.3. The molecule has 0 fully saturated rings. The Balaban J connectivity index is 2.08. The van der Waals surface area contributed by atoms with Crippen molar-refractivity contribution in [2.45, 2.75) is 23.1 Å². The van der Waals surface area contributed by atoms with E-state index in [1.54, 1.807) is 24.3 Å². The second-order valence-corrected chi connectivity index (χ2v) is 8.02. The van der Waals surface area contributed by atoms with Gasteiger partial charge < -0.3 is 9.14 Å². The second kappa shape index (κ2) is 6.99. The second-order valence-electron chi connectivity index (χ2n) is 5.34. The van der Waals surface area contributed by atoms with Gasteiger partial charge in [-0.3, -0.25) is 0 Å². The van der Waals surface area contributed by atoms with Crippen molar-refractivity contribution in [1.29, 1.82) is 0 Å². The van der Waals surface area contributed by atoms with Gasteiger partial charge in [-0.25, -0.2) is 8.42 Å². The van der Waals surface area contributed by atoms with Gasteiger partial charge in [0.15, 0.2) is 0 Å². The quantitative estimate of drug-likeness (QED) is 0.577. The van der Waals surface area contributed by atoms with Crippen LogP contribution in [-0.2, 0) is 16.3 Å². The number of ether oxygens (including phenoxy) is 1. The van der Waals surface area contributed by atoms with Crippen molar-refractivity contribution in [3.05, 3.63) is 60.4 Å². The summed E-state index contributed by atoms with van der Waals surface area (Å²) >= 11 is 3.29. The Labute approximate surface area is 150 Å². The maximum absolute atomic E-state index is 13.2. The number of nitrogens with zero attached hydrogens (tertiary/aromatic N) is 1. The van der Waals surface area contributed by atoms with Crippen LogP contribution in [0, 0.1) is 0 Å². The van der Waals surface area contributed by atoms with Crippen LogP contribution in [0.15, 0.2) is 64.6 Å². The van der Waals surface area contributed by atoms with Crippen molar-refractivity contribution in [2.24, 2.45) is 0 Å². The van der Waals surface area contributed by atoms with Crippen molar-refractivity contribution in [3.63, 3.8) is 0 Å². The third-order valence-corrected chi connectivity index (χ3v) is 6.06. The zero-order valence-corrected chi connectivity index (χ0v) is 15.7. The lowest BCUT2D eigenvalue weighted by Crippen LogP contribution is -2.04. The average molecular weight is 408 g/mol. The highest BCUT2D eigenvalue weighted by molar-refractivity contribution is 9.09. The van der Waals surface area contributed by atoms with E-state index in [1.165, 1.54) is 0 Å². The van der Waals surface area contributed by atoms with E-state index in [0.29, 0.717) is 29.2 Å². The molecule has 0 saturated heterocycles. The topological polar surface area (TPSA) is 47.8 Å². The lowest BCUT2D eigenvalue weighted by Gasteiger charge is -2.08. The van der Waals surface area contributed by atoms with E-state index in [2.05, 4.69) is 15.9 Å². The van der Waals surface area contributed by atoms with Gasteiger partial charge in [0.2, 0.25) is 9.84 Å². The molecular weight excluding hydrogens is 390 g/mol. The van der Waals surface area contributed by atoms with Crippen LogP contribution in [0.5, 0.6) is 5.75 Å². The summed E-state index contributed by atoms with van der Waals surface area (Å²) in [5.74, 6) is 0.658. The normalized spacial score (nSPS) is 11.8. The smallest absolute Gasteiger partial charge is 0.208 e. The lowest BCUT2D eigenvalue weighted by molar-refractivity contribution is 0.345. The summed E-state index contributed by atoms with van der Waals surface area (Å²) in [7, 11) is -3.59. The predicted molar refractivity (Wildman–Crippen MR) is 98.0 cm³/mol. The van der Waals surface area contributed by atoms with E-state index >= 15 is 0 Å². The molecule has 3 rings (SSSR count). The molecule has 0 saturated carbocycles. The van der Waals surface area contributed by atoms with Gasteiger partial charge in [-0.1, -0.05) is 28.9 Å². The number of rotatable bonds is 6. The number of hydrogen-bond donors (Lipinski definition) is 0. The fraction of sp³-hybridized carbons (Fsp3) is 0.222. The highest BCUT2D eigenvalue weighted by Crippen LogP contribution is 2.31. The molecule has 0 unspecified atom stereocenters. The summed E-state index contributed by atoms with van der Waals surface area (Å²) in [4.78, 5) is 0.667. The van der Waals surface area contributed by atoms with Gasteiger partial charge >= 0.3 is 0 Å². The zero-order chi connectivity index (χ0) is 17.2. The van der Waals surface area contributed by atoms with E-state index in [9.17, 15) is 8.42 Å². The Morgan fingerprint density at radius 3 is 2.54 bits per heavy atom. The van der Waals surface area contributed by atoms with Gasteiger partial charge in [0, 0.05) is 17.7 Å². The van der Waals surface area contributed by atoms with Crippen LogP contribution in [0.1, 0.15) is 12.5 Å². The zero-order valence-electron chi connectivity index (χ0n) is 13.3. The molecular formula is C18H18BrNO3S. The van der Waals surface area contributed by atoms with Crippen LogP contribution in [0.3, 0.4) is 0 Å². The van der Waals surface area contributed by atoms with Crippen molar-refractivity contribution in [2.75, 3.05) is 11.9 Å². The van der Waals surface area contributed by atoms with Crippen LogP contribution >= 0.6 is 15.9 Å². The number of fused-ring (bicyclic) bond motifs is 1. The number of aryl methyl sites for hydroxylation is 1. The van der Waals surface area contributed by atoms with Gasteiger partial charge in [-0.2, -0.15) is 0 Å². The van der Waals surface area contributed by atoms with E-state index in [0.717, 1.165) is 10.9 Å². The third kappa shape index (κ3) is 3.08. The minimum Gasteiger partial charge on any atom is -0.493 e. The highest BCUT2D eigenvalue weighted by atomic mass is 79.9. The molecule has 1 aromatic carbocycles. The van der Waals surface area contributed by atoms with E-state index in [-0.39, 0.29) is 4.90 Å². The number of benzene rings is 1. The van der Waals surface area contributed by atoms with Crippen molar-refractivity contribution >= 4 is 31.3 Å². The summed E-state index contributed by atoms with van der Waals surface area (Å²) in [5, 5.41) is 0.726. The minimum atomic E-state index is -3.59.